The maximum Gasteiger partial charge on any atom is 0.271 e. The number of nitrogens with zero attached hydrogens (tertiary/aromatic N) is 2. The molecule has 0 spiro atoms. The van der Waals surface area contributed by atoms with Crippen LogP contribution in [0.3, 0.4) is 0 Å². The van der Waals surface area contributed by atoms with Crippen molar-refractivity contribution in [3.05, 3.63) is 33.3 Å². The van der Waals surface area contributed by atoms with Crippen molar-refractivity contribution in [1.29, 1.82) is 0 Å². The van der Waals surface area contributed by atoms with E-state index in [4.69, 9.17) is 16.3 Å². The Balaban J connectivity index is 2.05. The maximum atomic E-state index is 10.7. The second-order valence-corrected chi connectivity index (χ2v) is 5.19. The topological polar surface area (TPSA) is 55.6 Å². The summed E-state index contributed by atoms with van der Waals surface area (Å²) in [6.45, 7) is 2.61. The summed E-state index contributed by atoms with van der Waals surface area (Å²) in [6, 6.07) is 4.65. The summed E-state index contributed by atoms with van der Waals surface area (Å²) in [5.74, 6) is 0.595. The molecule has 1 aliphatic heterocycles. The minimum absolute atomic E-state index is 0.0306. The number of hydrogen-bond acceptors (Lipinski definition) is 4. The van der Waals surface area contributed by atoms with Crippen LogP contribution in [0.15, 0.2) is 18.2 Å². The summed E-state index contributed by atoms with van der Waals surface area (Å²) in [7, 11) is 1.72. The van der Waals surface area contributed by atoms with Gasteiger partial charge in [0.15, 0.2) is 0 Å². The van der Waals surface area contributed by atoms with Gasteiger partial charge in [-0.3, -0.25) is 10.1 Å². The molecule has 1 saturated heterocycles. The number of rotatable bonds is 4. The van der Waals surface area contributed by atoms with Gasteiger partial charge in [0.2, 0.25) is 0 Å². The Morgan fingerprint density at radius 3 is 2.68 bits per heavy atom. The molecule has 1 heterocycles. The maximum absolute atomic E-state index is 10.7. The Labute approximate surface area is 117 Å². The van der Waals surface area contributed by atoms with E-state index in [1.54, 1.807) is 13.2 Å². The molecule has 2 rings (SSSR count). The fourth-order valence-electron chi connectivity index (χ4n) is 2.44. The lowest BCUT2D eigenvalue weighted by Crippen LogP contribution is -2.35. The Kier molecular flexibility index (Phi) is 4.61. The molecule has 1 aromatic carbocycles. The van der Waals surface area contributed by atoms with Crippen molar-refractivity contribution in [3.63, 3.8) is 0 Å². The minimum Gasteiger partial charge on any atom is -0.384 e. The number of hydrogen-bond donors (Lipinski definition) is 0. The van der Waals surface area contributed by atoms with E-state index in [2.05, 4.69) is 4.90 Å². The van der Waals surface area contributed by atoms with Crippen LogP contribution in [-0.2, 0) is 4.74 Å². The second kappa shape index (κ2) is 6.21. The first kappa shape index (κ1) is 14.1. The third-order valence-corrected chi connectivity index (χ3v) is 3.80. The van der Waals surface area contributed by atoms with E-state index < -0.39 is 4.92 Å². The van der Waals surface area contributed by atoms with Gasteiger partial charge in [-0.2, -0.15) is 0 Å². The van der Waals surface area contributed by atoms with Gasteiger partial charge in [0.25, 0.3) is 5.69 Å². The fraction of sp³-hybridized carbons (Fsp3) is 0.538. The van der Waals surface area contributed by atoms with Gasteiger partial charge in [-0.15, -0.1) is 0 Å². The Bertz CT molecular complexity index is 459. The predicted octanol–water partition coefficient (Wildman–Crippen LogP) is 3.11. The van der Waals surface area contributed by atoms with Crippen molar-refractivity contribution in [2.75, 3.05) is 31.7 Å². The van der Waals surface area contributed by atoms with E-state index in [1.807, 2.05) is 0 Å². The SMILES string of the molecule is COCC1CCN(c2ccc([N+](=O)[O-])cc2Cl)CC1. The largest absolute Gasteiger partial charge is 0.384 e. The van der Waals surface area contributed by atoms with Crippen molar-refractivity contribution in [3.8, 4) is 0 Å². The average Bonchev–Trinajstić information content (AvgIpc) is 2.40. The van der Waals surface area contributed by atoms with Crippen LogP contribution in [0.25, 0.3) is 0 Å². The van der Waals surface area contributed by atoms with Gasteiger partial charge in [0.05, 0.1) is 15.6 Å². The molecule has 0 saturated carbocycles. The van der Waals surface area contributed by atoms with E-state index in [0.717, 1.165) is 38.2 Å². The number of piperidine rings is 1. The van der Waals surface area contributed by atoms with Gasteiger partial charge in [-0.25, -0.2) is 0 Å². The third kappa shape index (κ3) is 3.36. The number of nitro benzene ring substituents is 1. The van der Waals surface area contributed by atoms with Crippen LogP contribution in [0.4, 0.5) is 11.4 Å². The van der Waals surface area contributed by atoms with Crippen molar-refractivity contribution in [2.45, 2.75) is 12.8 Å². The van der Waals surface area contributed by atoms with Crippen LogP contribution in [-0.4, -0.2) is 31.7 Å². The summed E-state index contributed by atoms with van der Waals surface area (Å²) in [5, 5.41) is 11.1. The van der Waals surface area contributed by atoms with Gasteiger partial charge in [0.1, 0.15) is 0 Å². The molecule has 0 N–H and O–H groups in total. The highest BCUT2D eigenvalue weighted by Gasteiger charge is 2.21. The Hall–Kier alpha value is -1.33. The molecule has 1 fully saturated rings. The second-order valence-electron chi connectivity index (χ2n) is 4.78. The first-order valence-corrected chi connectivity index (χ1v) is 6.67. The molecule has 5 nitrogen and oxygen atoms in total. The number of methoxy groups -OCH3 is 1. The van der Waals surface area contributed by atoms with Crippen LogP contribution in [0.1, 0.15) is 12.8 Å². The number of ether oxygens (including phenoxy) is 1. The van der Waals surface area contributed by atoms with Crippen LogP contribution >= 0.6 is 11.6 Å². The Morgan fingerprint density at radius 1 is 1.47 bits per heavy atom. The normalized spacial score (nSPS) is 16.6. The molecule has 1 aromatic rings. The molecule has 6 heteroatoms. The highest BCUT2D eigenvalue weighted by atomic mass is 35.5. The number of nitro groups is 1. The Morgan fingerprint density at radius 2 is 2.16 bits per heavy atom. The van der Waals surface area contributed by atoms with E-state index >= 15 is 0 Å². The number of anilines is 1. The van der Waals surface area contributed by atoms with Crippen LogP contribution < -0.4 is 4.90 Å². The van der Waals surface area contributed by atoms with Crippen molar-refractivity contribution in [1.82, 2.24) is 0 Å². The van der Waals surface area contributed by atoms with E-state index in [9.17, 15) is 10.1 Å². The summed E-state index contributed by atoms with van der Waals surface area (Å²) in [6.07, 6.45) is 2.11. The minimum atomic E-state index is -0.430. The quantitative estimate of drug-likeness (QED) is 0.630. The molecule has 19 heavy (non-hydrogen) atoms. The van der Waals surface area contributed by atoms with Gasteiger partial charge >= 0.3 is 0 Å². The third-order valence-electron chi connectivity index (χ3n) is 3.50. The van der Waals surface area contributed by atoms with Crippen molar-refractivity contribution in [2.24, 2.45) is 5.92 Å². The molecular weight excluding hydrogens is 268 g/mol. The first-order valence-electron chi connectivity index (χ1n) is 6.29. The summed E-state index contributed by atoms with van der Waals surface area (Å²) in [4.78, 5) is 12.4. The number of halogens is 1. The van der Waals surface area contributed by atoms with Gasteiger partial charge in [0, 0.05) is 38.9 Å². The zero-order valence-electron chi connectivity index (χ0n) is 10.8. The highest BCUT2D eigenvalue weighted by molar-refractivity contribution is 6.33. The number of benzene rings is 1. The lowest BCUT2D eigenvalue weighted by molar-refractivity contribution is -0.384. The molecule has 0 atom stereocenters. The average molecular weight is 285 g/mol. The van der Waals surface area contributed by atoms with Crippen molar-refractivity contribution >= 4 is 23.0 Å². The van der Waals surface area contributed by atoms with Crippen LogP contribution in [0.5, 0.6) is 0 Å². The lowest BCUT2D eigenvalue weighted by Gasteiger charge is -2.33. The van der Waals surface area contributed by atoms with Gasteiger partial charge in [-0.05, 0) is 24.8 Å². The highest BCUT2D eigenvalue weighted by Crippen LogP contribution is 2.32. The molecule has 104 valence electrons. The fourth-order valence-corrected chi connectivity index (χ4v) is 2.74. The monoisotopic (exact) mass is 284 g/mol. The molecule has 0 aromatic heterocycles. The molecule has 0 unspecified atom stereocenters. The summed E-state index contributed by atoms with van der Waals surface area (Å²) >= 11 is 6.13. The standard InChI is InChI=1S/C13H17ClN2O3/c1-19-9-10-4-6-15(7-5-10)13-3-2-11(16(17)18)8-12(13)14/h2-3,8,10H,4-7,9H2,1H3. The molecule has 0 bridgehead atoms. The van der Waals surface area contributed by atoms with E-state index in [0.29, 0.717) is 10.9 Å². The van der Waals surface area contributed by atoms with Gasteiger partial charge < -0.3 is 9.64 Å². The van der Waals surface area contributed by atoms with E-state index in [-0.39, 0.29) is 5.69 Å². The first-order chi connectivity index (χ1) is 9.11. The zero-order valence-corrected chi connectivity index (χ0v) is 11.6. The number of non-ortho nitro benzene ring substituents is 1. The van der Waals surface area contributed by atoms with Gasteiger partial charge in [-0.1, -0.05) is 11.6 Å². The summed E-state index contributed by atoms with van der Waals surface area (Å²) < 4.78 is 5.17. The molecular formula is C13H17ClN2O3. The predicted molar refractivity (Wildman–Crippen MR) is 74.9 cm³/mol. The van der Waals surface area contributed by atoms with E-state index in [1.165, 1.54) is 12.1 Å². The van der Waals surface area contributed by atoms with Crippen LogP contribution in [0, 0.1) is 16.0 Å². The van der Waals surface area contributed by atoms with Crippen molar-refractivity contribution < 1.29 is 9.66 Å². The zero-order chi connectivity index (χ0) is 13.8. The lowest BCUT2D eigenvalue weighted by atomic mass is 9.97. The molecule has 1 aliphatic rings. The molecule has 0 radical (unpaired) electrons. The molecule has 0 amide bonds. The summed E-state index contributed by atoms with van der Waals surface area (Å²) in [5.41, 5.74) is 0.908. The smallest absolute Gasteiger partial charge is 0.271 e. The molecule has 0 aliphatic carbocycles. The van der Waals surface area contributed by atoms with Crippen LogP contribution in [0.2, 0.25) is 5.02 Å².